The minimum absolute atomic E-state index is 0.632. The van der Waals surface area contributed by atoms with E-state index < -0.39 is 0 Å². The largest absolute Gasteiger partial charge is 0.313 e. The molecule has 0 radical (unpaired) electrons. The minimum atomic E-state index is 0.632. The highest BCUT2D eigenvalue weighted by atomic mass is 15.1. The summed E-state index contributed by atoms with van der Waals surface area (Å²) >= 11 is 0. The molecule has 2 fully saturated rings. The van der Waals surface area contributed by atoms with Crippen LogP contribution in [0.1, 0.15) is 65.2 Å². The van der Waals surface area contributed by atoms with E-state index in [1.807, 2.05) is 0 Å². The van der Waals surface area contributed by atoms with Crippen LogP contribution in [0.5, 0.6) is 0 Å². The zero-order valence-corrected chi connectivity index (χ0v) is 12.5. The highest BCUT2D eigenvalue weighted by Crippen LogP contribution is 2.33. The molecule has 2 rings (SSSR count). The Hall–Kier alpha value is -0.0800. The number of piperidine rings is 1. The van der Waals surface area contributed by atoms with Crippen LogP contribution in [-0.4, -0.2) is 37.1 Å². The van der Waals surface area contributed by atoms with Crippen LogP contribution in [0.3, 0.4) is 0 Å². The first-order chi connectivity index (χ1) is 8.72. The Morgan fingerprint density at radius 2 is 1.78 bits per heavy atom. The quantitative estimate of drug-likeness (QED) is 0.806. The summed E-state index contributed by atoms with van der Waals surface area (Å²) in [6.45, 7) is 9.90. The summed E-state index contributed by atoms with van der Waals surface area (Å²) in [5, 5.41) is 3.76. The second-order valence-corrected chi connectivity index (χ2v) is 6.79. The summed E-state index contributed by atoms with van der Waals surface area (Å²) in [6.07, 6.45) is 11.3. The molecule has 0 spiro atoms. The fourth-order valence-corrected chi connectivity index (χ4v) is 3.40. The zero-order valence-electron chi connectivity index (χ0n) is 12.5. The molecule has 2 heteroatoms. The predicted molar refractivity (Wildman–Crippen MR) is 78.9 cm³/mol. The molecule has 0 aromatic heterocycles. The van der Waals surface area contributed by atoms with Gasteiger partial charge >= 0.3 is 0 Å². The normalized spacial score (nSPS) is 26.3. The predicted octanol–water partition coefficient (Wildman–Crippen LogP) is 3.42. The molecule has 0 unspecified atom stereocenters. The standard InChI is InChI=1S/C16H32N2/c1-3-16(2)9-12-18(13-10-16)14-11-17-15-7-5-4-6-8-15/h15,17H,3-14H2,1-2H3. The monoisotopic (exact) mass is 252 g/mol. The zero-order chi connectivity index (χ0) is 12.8. The summed E-state index contributed by atoms with van der Waals surface area (Å²) in [4.78, 5) is 2.66. The molecule has 1 aliphatic heterocycles. The van der Waals surface area contributed by atoms with Crippen LogP contribution < -0.4 is 5.32 Å². The van der Waals surface area contributed by atoms with E-state index in [1.54, 1.807) is 0 Å². The van der Waals surface area contributed by atoms with E-state index in [4.69, 9.17) is 0 Å². The maximum Gasteiger partial charge on any atom is 0.0107 e. The summed E-state index contributed by atoms with van der Waals surface area (Å²) in [6, 6.07) is 0.824. The fraction of sp³-hybridized carbons (Fsp3) is 1.00. The lowest BCUT2D eigenvalue weighted by molar-refractivity contribution is 0.114. The molecule has 0 atom stereocenters. The van der Waals surface area contributed by atoms with E-state index in [2.05, 4.69) is 24.1 Å². The topological polar surface area (TPSA) is 15.3 Å². The van der Waals surface area contributed by atoms with Crippen LogP contribution >= 0.6 is 0 Å². The second kappa shape index (κ2) is 6.91. The van der Waals surface area contributed by atoms with Crippen molar-refractivity contribution in [2.24, 2.45) is 5.41 Å². The third-order valence-corrected chi connectivity index (χ3v) is 5.38. The minimum Gasteiger partial charge on any atom is -0.313 e. The van der Waals surface area contributed by atoms with Gasteiger partial charge in [-0.15, -0.1) is 0 Å². The first-order valence-corrected chi connectivity index (χ1v) is 8.18. The fourth-order valence-electron chi connectivity index (χ4n) is 3.40. The molecule has 1 saturated heterocycles. The van der Waals surface area contributed by atoms with Gasteiger partial charge in [0, 0.05) is 19.1 Å². The van der Waals surface area contributed by atoms with Crippen LogP contribution in [0.2, 0.25) is 0 Å². The molecule has 18 heavy (non-hydrogen) atoms. The molecular weight excluding hydrogens is 220 g/mol. The summed E-state index contributed by atoms with van der Waals surface area (Å²) in [5.41, 5.74) is 0.632. The van der Waals surface area contributed by atoms with E-state index in [1.165, 1.54) is 77.5 Å². The molecule has 1 heterocycles. The van der Waals surface area contributed by atoms with Gasteiger partial charge in [-0.3, -0.25) is 0 Å². The maximum atomic E-state index is 3.76. The number of nitrogens with one attached hydrogen (secondary N) is 1. The maximum absolute atomic E-state index is 3.76. The van der Waals surface area contributed by atoms with Crippen LogP contribution in [0, 0.1) is 5.41 Å². The Balaban J connectivity index is 1.57. The van der Waals surface area contributed by atoms with Crippen molar-refractivity contribution in [1.29, 1.82) is 0 Å². The molecule has 106 valence electrons. The van der Waals surface area contributed by atoms with Gasteiger partial charge in [-0.1, -0.05) is 39.5 Å². The third kappa shape index (κ3) is 4.24. The second-order valence-electron chi connectivity index (χ2n) is 6.79. The van der Waals surface area contributed by atoms with Crippen molar-refractivity contribution in [3.63, 3.8) is 0 Å². The number of nitrogens with zero attached hydrogens (tertiary/aromatic N) is 1. The molecule has 0 bridgehead atoms. The molecule has 1 N–H and O–H groups in total. The average molecular weight is 252 g/mol. The SMILES string of the molecule is CCC1(C)CCN(CCNC2CCCCC2)CC1. The molecular formula is C16H32N2. The summed E-state index contributed by atoms with van der Waals surface area (Å²) in [7, 11) is 0. The number of rotatable bonds is 5. The number of hydrogen-bond acceptors (Lipinski definition) is 2. The van der Waals surface area contributed by atoms with E-state index in [0.717, 1.165) is 6.04 Å². The van der Waals surface area contributed by atoms with Crippen molar-refractivity contribution in [1.82, 2.24) is 10.2 Å². The van der Waals surface area contributed by atoms with Gasteiger partial charge in [0.15, 0.2) is 0 Å². The van der Waals surface area contributed by atoms with Crippen molar-refractivity contribution in [3.8, 4) is 0 Å². The van der Waals surface area contributed by atoms with Gasteiger partial charge in [0.1, 0.15) is 0 Å². The lowest BCUT2D eigenvalue weighted by Crippen LogP contribution is -2.43. The van der Waals surface area contributed by atoms with E-state index in [-0.39, 0.29) is 0 Å². The van der Waals surface area contributed by atoms with Gasteiger partial charge in [-0.25, -0.2) is 0 Å². The Morgan fingerprint density at radius 1 is 1.11 bits per heavy atom. The van der Waals surface area contributed by atoms with Crippen molar-refractivity contribution < 1.29 is 0 Å². The summed E-state index contributed by atoms with van der Waals surface area (Å²) in [5.74, 6) is 0. The Bertz CT molecular complexity index is 225. The highest BCUT2D eigenvalue weighted by Gasteiger charge is 2.27. The smallest absolute Gasteiger partial charge is 0.0107 e. The van der Waals surface area contributed by atoms with Crippen molar-refractivity contribution in [2.45, 2.75) is 71.3 Å². The first-order valence-electron chi connectivity index (χ1n) is 8.18. The van der Waals surface area contributed by atoms with Crippen LogP contribution in [-0.2, 0) is 0 Å². The molecule has 1 aliphatic carbocycles. The van der Waals surface area contributed by atoms with Gasteiger partial charge in [-0.05, 0) is 44.2 Å². The highest BCUT2D eigenvalue weighted by molar-refractivity contribution is 4.81. The van der Waals surface area contributed by atoms with Gasteiger partial charge in [-0.2, -0.15) is 0 Å². The lowest BCUT2D eigenvalue weighted by Gasteiger charge is -2.39. The van der Waals surface area contributed by atoms with Gasteiger partial charge in [0.25, 0.3) is 0 Å². The molecule has 1 saturated carbocycles. The molecule has 0 amide bonds. The molecule has 2 nitrogen and oxygen atoms in total. The number of likely N-dealkylation sites (tertiary alicyclic amines) is 1. The molecule has 0 aromatic rings. The number of hydrogen-bond donors (Lipinski definition) is 1. The van der Waals surface area contributed by atoms with Crippen molar-refractivity contribution >= 4 is 0 Å². The van der Waals surface area contributed by atoms with Crippen LogP contribution in [0.15, 0.2) is 0 Å². The van der Waals surface area contributed by atoms with Gasteiger partial charge < -0.3 is 10.2 Å². The van der Waals surface area contributed by atoms with Gasteiger partial charge in [0.05, 0.1) is 0 Å². The molecule has 2 aliphatic rings. The van der Waals surface area contributed by atoms with E-state index in [0.29, 0.717) is 5.41 Å². The van der Waals surface area contributed by atoms with Crippen molar-refractivity contribution in [2.75, 3.05) is 26.2 Å². The molecule has 0 aromatic carbocycles. The Kier molecular flexibility index (Phi) is 5.50. The third-order valence-electron chi connectivity index (χ3n) is 5.38. The van der Waals surface area contributed by atoms with Crippen LogP contribution in [0.25, 0.3) is 0 Å². The average Bonchev–Trinajstić information content (AvgIpc) is 2.42. The van der Waals surface area contributed by atoms with E-state index in [9.17, 15) is 0 Å². The lowest BCUT2D eigenvalue weighted by atomic mass is 9.78. The van der Waals surface area contributed by atoms with Gasteiger partial charge in [0.2, 0.25) is 0 Å². The Morgan fingerprint density at radius 3 is 2.39 bits per heavy atom. The van der Waals surface area contributed by atoms with E-state index >= 15 is 0 Å². The van der Waals surface area contributed by atoms with Crippen LogP contribution in [0.4, 0.5) is 0 Å². The Labute approximate surface area is 114 Å². The summed E-state index contributed by atoms with van der Waals surface area (Å²) < 4.78 is 0. The first kappa shape index (κ1) is 14.3. The van der Waals surface area contributed by atoms with Crippen molar-refractivity contribution in [3.05, 3.63) is 0 Å².